The van der Waals surface area contributed by atoms with Gasteiger partial charge in [-0.15, -0.1) is 0 Å². The molecule has 0 atom stereocenters. The summed E-state index contributed by atoms with van der Waals surface area (Å²) in [6.45, 7) is 1.41. The number of aromatic nitrogens is 1. The molecule has 2 heterocycles. The average Bonchev–Trinajstić information content (AvgIpc) is 3.40. The maximum absolute atomic E-state index is 13.4. The summed E-state index contributed by atoms with van der Waals surface area (Å²) in [7, 11) is 1.62. The molecule has 1 aliphatic rings. The quantitative estimate of drug-likeness (QED) is 0.305. The fraction of sp³-hybridized carbons (Fsp3) is 0.138. The first kappa shape index (κ1) is 23.6. The highest BCUT2D eigenvalue weighted by Gasteiger charge is 2.33. The molecular weight excluding hydrogens is 468 g/mol. The van der Waals surface area contributed by atoms with Gasteiger partial charge < -0.3 is 9.30 Å². The Bertz CT molecular complexity index is 1520. The van der Waals surface area contributed by atoms with Crippen molar-refractivity contribution in [1.29, 1.82) is 5.26 Å². The van der Waals surface area contributed by atoms with Gasteiger partial charge >= 0.3 is 0 Å². The molecule has 4 aromatic rings. The van der Waals surface area contributed by atoms with Crippen molar-refractivity contribution in [3.63, 3.8) is 0 Å². The zero-order chi connectivity index (χ0) is 24.9. The third-order valence-electron chi connectivity index (χ3n) is 5.97. The summed E-state index contributed by atoms with van der Waals surface area (Å²) in [6, 6.07) is 27.6. The number of amides is 1. The molecule has 1 fully saturated rings. The van der Waals surface area contributed by atoms with Gasteiger partial charge in [0, 0.05) is 36.3 Å². The maximum Gasteiger partial charge on any atom is 0.266 e. The summed E-state index contributed by atoms with van der Waals surface area (Å²) >= 11 is 1.37. The number of carbonyl (C=O) groups excluding carboxylic acids is 1. The van der Waals surface area contributed by atoms with Crippen molar-refractivity contribution in [2.24, 2.45) is 4.99 Å². The molecule has 1 saturated heterocycles. The van der Waals surface area contributed by atoms with Gasteiger partial charge in [-0.05, 0) is 47.7 Å². The zero-order valence-electron chi connectivity index (χ0n) is 19.8. The molecule has 0 aliphatic carbocycles. The monoisotopic (exact) mass is 492 g/mol. The molecule has 178 valence electrons. The van der Waals surface area contributed by atoms with Gasteiger partial charge in [0.1, 0.15) is 0 Å². The number of amidine groups is 1. The highest BCUT2D eigenvalue weighted by molar-refractivity contribution is 8.18. The molecule has 36 heavy (non-hydrogen) atoms. The van der Waals surface area contributed by atoms with E-state index in [2.05, 4.69) is 22.8 Å². The van der Waals surface area contributed by atoms with Crippen molar-refractivity contribution in [3.05, 3.63) is 107 Å². The molecule has 7 heteroatoms. The van der Waals surface area contributed by atoms with E-state index in [1.54, 1.807) is 12.0 Å². The first-order chi connectivity index (χ1) is 17.7. The SMILES string of the molecule is COCCN1C(=O)C(=Cc2cn(Cc3ccccc3C#N)c3ccccc23)SC1=Nc1ccccc1. The Morgan fingerprint density at radius 3 is 2.58 bits per heavy atom. The number of aliphatic imine (C=N–C) groups is 1. The normalized spacial score (nSPS) is 15.8. The molecule has 5 rings (SSSR count). The molecule has 0 N–H and O–H groups in total. The number of ether oxygens (including phenoxy) is 1. The van der Waals surface area contributed by atoms with Crippen molar-refractivity contribution >= 4 is 45.5 Å². The summed E-state index contributed by atoms with van der Waals surface area (Å²) < 4.78 is 7.37. The van der Waals surface area contributed by atoms with E-state index in [9.17, 15) is 10.1 Å². The third kappa shape index (κ3) is 4.82. The lowest BCUT2D eigenvalue weighted by atomic mass is 10.1. The van der Waals surface area contributed by atoms with Crippen LogP contribution in [-0.4, -0.2) is 40.8 Å². The van der Waals surface area contributed by atoms with Crippen LogP contribution in [0.1, 0.15) is 16.7 Å². The van der Waals surface area contributed by atoms with Crippen molar-refractivity contribution in [2.45, 2.75) is 6.54 Å². The van der Waals surface area contributed by atoms with Gasteiger partial charge in [-0.1, -0.05) is 54.6 Å². The lowest BCUT2D eigenvalue weighted by Gasteiger charge is -2.14. The molecule has 0 bridgehead atoms. The molecular formula is C29H24N4O2S. The van der Waals surface area contributed by atoms with Crippen molar-refractivity contribution < 1.29 is 9.53 Å². The van der Waals surface area contributed by atoms with Crippen LogP contribution < -0.4 is 0 Å². The van der Waals surface area contributed by atoms with Crippen LogP contribution in [0, 0.1) is 11.3 Å². The van der Waals surface area contributed by atoms with Crippen LogP contribution >= 0.6 is 11.8 Å². The Hall–Kier alpha value is -4.12. The molecule has 3 aromatic carbocycles. The molecule has 1 aliphatic heterocycles. The van der Waals surface area contributed by atoms with Gasteiger partial charge in [0.25, 0.3) is 5.91 Å². The van der Waals surface area contributed by atoms with Crippen LogP contribution in [0.3, 0.4) is 0 Å². The van der Waals surface area contributed by atoms with E-state index in [1.807, 2.05) is 79.0 Å². The molecule has 0 radical (unpaired) electrons. The van der Waals surface area contributed by atoms with E-state index < -0.39 is 0 Å². The lowest BCUT2D eigenvalue weighted by molar-refractivity contribution is -0.122. The number of nitriles is 1. The standard InChI is InChI=1S/C29H24N4O2S/c1-35-16-15-33-28(34)27(36-29(33)31-24-11-3-2-4-12-24)17-23-20-32(26-14-8-7-13-25(23)26)19-22-10-6-5-9-21(22)18-30/h2-14,17,20H,15-16,19H2,1H3. The predicted octanol–water partition coefficient (Wildman–Crippen LogP) is 5.81. The van der Waals surface area contributed by atoms with E-state index in [0.29, 0.717) is 35.3 Å². The van der Waals surface area contributed by atoms with E-state index in [0.717, 1.165) is 27.7 Å². The molecule has 0 unspecified atom stereocenters. The van der Waals surface area contributed by atoms with E-state index in [1.165, 1.54) is 11.8 Å². The second-order valence-electron chi connectivity index (χ2n) is 8.29. The first-order valence-corrected chi connectivity index (χ1v) is 12.4. The van der Waals surface area contributed by atoms with E-state index in [-0.39, 0.29) is 5.91 Å². The number of carbonyl (C=O) groups is 1. The number of rotatable bonds is 7. The number of fused-ring (bicyclic) bond motifs is 1. The van der Waals surface area contributed by atoms with Crippen molar-refractivity contribution in [1.82, 2.24) is 9.47 Å². The summed E-state index contributed by atoms with van der Waals surface area (Å²) in [6.07, 6.45) is 3.99. The summed E-state index contributed by atoms with van der Waals surface area (Å²) in [5.74, 6) is -0.0848. The number of thioether (sulfide) groups is 1. The fourth-order valence-electron chi connectivity index (χ4n) is 4.20. The molecule has 0 spiro atoms. The van der Waals surface area contributed by atoms with Crippen LogP contribution in [0.25, 0.3) is 17.0 Å². The lowest BCUT2D eigenvalue weighted by Crippen LogP contribution is -2.32. The summed E-state index contributed by atoms with van der Waals surface area (Å²) in [5.41, 5.74) is 4.40. The highest BCUT2D eigenvalue weighted by atomic mass is 32.2. The topological polar surface area (TPSA) is 70.6 Å². The highest BCUT2D eigenvalue weighted by Crippen LogP contribution is 2.35. The van der Waals surface area contributed by atoms with Crippen LogP contribution in [0.4, 0.5) is 5.69 Å². The largest absolute Gasteiger partial charge is 0.383 e. The van der Waals surface area contributed by atoms with Gasteiger partial charge in [0.05, 0.1) is 35.4 Å². The Balaban J connectivity index is 1.53. The van der Waals surface area contributed by atoms with Gasteiger partial charge in [-0.2, -0.15) is 5.26 Å². The second kappa shape index (κ2) is 10.6. The summed E-state index contributed by atoms with van der Waals surface area (Å²) in [4.78, 5) is 20.4. The third-order valence-corrected chi connectivity index (χ3v) is 6.98. The van der Waals surface area contributed by atoms with Gasteiger partial charge in [-0.3, -0.25) is 9.69 Å². The van der Waals surface area contributed by atoms with E-state index in [4.69, 9.17) is 9.73 Å². The predicted molar refractivity (Wildman–Crippen MR) is 145 cm³/mol. The molecule has 6 nitrogen and oxygen atoms in total. The van der Waals surface area contributed by atoms with E-state index >= 15 is 0 Å². The molecule has 1 aromatic heterocycles. The number of hydrogen-bond donors (Lipinski definition) is 0. The van der Waals surface area contributed by atoms with Crippen LogP contribution in [0.5, 0.6) is 0 Å². The van der Waals surface area contributed by atoms with Crippen LogP contribution in [-0.2, 0) is 16.1 Å². The number of methoxy groups -OCH3 is 1. The average molecular weight is 493 g/mol. The fourth-order valence-corrected chi connectivity index (χ4v) is 5.21. The Kier molecular flexibility index (Phi) is 6.99. The number of para-hydroxylation sites is 2. The second-order valence-corrected chi connectivity index (χ2v) is 9.30. The Labute approximate surface area is 214 Å². The molecule has 1 amide bonds. The Morgan fingerprint density at radius 2 is 1.78 bits per heavy atom. The minimum Gasteiger partial charge on any atom is -0.383 e. The minimum atomic E-state index is -0.0848. The van der Waals surface area contributed by atoms with Crippen LogP contribution in [0.15, 0.2) is 95.0 Å². The van der Waals surface area contributed by atoms with Crippen molar-refractivity contribution in [2.75, 3.05) is 20.3 Å². The Morgan fingerprint density at radius 1 is 1.03 bits per heavy atom. The number of nitrogens with zero attached hydrogens (tertiary/aromatic N) is 4. The number of hydrogen-bond acceptors (Lipinski definition) is 5. The smallest absolute Gasteiger partial charge is 0.266 e. The zero-order valence-corrected chi connectivity index (χ0v) is 20.6. The summed E-state index contributed by atoms with van der Waals surface area (Å²) in [5, 5.41) is 11.2. The first-order valence-electron chi connectivity index (χ1n) is 11.6. The minimum absolute atomic E-state index is 0.0848. The van der Waals surface area contributed by atoms with Gasteiger partial charge in [0.2, 0.25) is 0 Å². The number of benzene rings is 3. The van der Waals surface area contributed by atoms with Gasteiger partial charge in [0.15, 0.2) is 5.17 Å². The van der Waals surface area contributed by atoms with Crippen LogP contribution in [0.2, 0.25) is 0 Å². The molecule has 0 saturated carbocycles. The van der Waals surface area contributed by atoms with Crippen molar-refractivity contribution in [3.8, 4) is 6.07 Å². The maximum atomic E-state index is 13.4. The van der Waals surface area contributed by atoms with Gasteiger partial charge in [-0.25, -0.2) is 4.99 Å².